The van der Waals surface area contributed by atoms with Crippen molar-refractivity contribution in [3.05, 3.63) is 35.5 Å². The van der Waals surface area contributed by atoms with Crippen LogP contribution >= 0.6 is 0 Å². The number of nitrogens with one attached hydrogen (secondary N) is 1. The number of nitrogens with zero attached hydrogens (tertiary/aromatic N) is 2. The average Bonchev–Trinajstić information content (AvgIpc) is 2.78. The van der Waals surface area contributed by atoms with Crippen molar-refractivity contribution in [3.63, 3.8) is 0 Å². The molecule has 1 amide bonds. The molecule has 4 N–H and O–H groups in total. The molecule has 0 spiro atoms. The van der Waals surface area contributed by atoms with Gasteiger partial charge in [0.05, 0.1) is 5.69 Å². The number of phenols is 1. The number of aromatic hydroxyl groups is 1. The Kier molecular flexibility index (Phi) is 3.15. The molecular formula is C14H16N4O2. The quantitative estimate of drug-likeness (QED) is 0.753. The van der Waals surface area contributed by atoms with Crippen LogP contribution in [-0.4, -0.2) is 27.3 Å². The van der Waals surface area contributed by atoms with Crippen LogP contribution in [0.2, 0.25) is 0 Å². The summed E-state index contributed by atoms with van der Waals surface area (Å²) >= 11 is 0. The van der Waals surface area contributed by atoms with Crippen LogP contribution in [0.5, 0.6) is 5.75 Å². The van der Waals surface area contributed by atoms with Gasteiger partial charge >= 0.3 is 0 Å². The van der Waals surface area contributed by atoms with Gasteiger partial charge in [0.1, 0.15) is 12.3 Å². The van der Waals surface area contributed by atoms with Crippen LogP contribution in [0, 0.1) is 0 Å². The van der Waals surface area contributed by atoms with Crippen LogP contribution in [0.1, 0.15) is 11.3 Å². The molecule has 3 rings (SSSR count). The van der Waals surface area contributed by atoms with Crippen molar-refractivity contribution >= 4 is 5.91 Å². The number of rotatable bonds is 3. The maximum absolute atomic E-state index is 11.2. The summed E-state index contributed by atoms with van der Waals surface area (Å²) in [7, 11) is 0. The van der Waals surface area contributed by atoms with Crippen LogP contribution in [0.25, 0.3) is 11.3 Å². The van der Waals surface area contributed by atoms with Crippen LogP contribution in [-0.2, 0) is 24.3 Å². The standard InChI is InChI=1S/C14H16N4O2/c15-13(20)8-18-12-5-6-16-7-11(12)14(17-18)9-1-3-10(19)4-2-9/h1-4,16,19H,5-8H2,(H2,15,20). The van der Waals surface area contributed by atoms with Crippen molar-refractivity contribution in [2.75, 3.05) is 6.54 Å². The molecular weight excluding hydrogens is 256 g/mol. The fourth-order valence-electron chi connectivity index (χ4n) is 2.55. The fraction of sp³-hybridized carbons (Fsp3) is 0.286. The van der Waals surface area contributed by atoms with E-state index in [0.717, 1.165) is 42.0 Å². The van der Waals surface area contributed by atoms with Gasteiger partial charge in [0, 0.05) is 36.3 Å². The molecule has 1 aliphatic heterocycles. The summed E-state index contributed by atoms with van der Waals surface area (Å²) in [5, 5.41) is 17.2. The summed E-state index contributed by atoms with van der Waals surface area (Å²) in [5.74, 6) is -0.177. The van der Waals surface area contributed by atoms with Crippen molar-refractivity contribution in [3.8, 4) is 17.0 Å². The smallest absolute Gasteiger partial charge is 0.239 e. The van der Waals surface area contributed by atoms with Gasteiger partial charge < -0.3 is 16.2 Å². The molecule has 20 heavy (non-hydrogen) atoms. The molecule has 2 heterocycles. The number of carbonyl (C=O) groups is 1. The fourth-order valence-corrected chi connectivity index (χ4v) is 2.55. The lowest BCUT2D eigenvalue weighted by atomic mass is 10.0. The lowest BCUT2D eigenvalue weighted by Crippen LogP contribution is -2.27. The Bertz CT molecular complexity index is 646. The molecule has 1 aromatic heterocycles. The van der Waals surface area contributed by atoms with E-state index in [0.29, 0.717) is 0 Å². The summed E-state index contributed by atoms with van der Waals surface area (Å²) in [6, 6.07) is 6.90. The predicted octanol–water partition coefficient (Wildman–Crippen LogP) is 0.387. The van der Waals surface area contributed by atoms with Gasteiger partial charge in [-0.2, -0.15) is 5.10 Å². The van der Waals surface area contributed by atoms with Crippen molar-refractivity contribution in [2.24, 2.45) is 5.73 Å². The van der Waals surface area contributed by atoms with Gasteiger partial charge in [-0.05, 0) is 24.3 Å². The Morgan fingerprint density at radius 3 is 2.85 bits per heavy atom. The minimum absolute atomic E-state index is 0.0976. The average molecular weight is 272 g/mol. The van der Waals surface area contributed by atoms with Crippen LogP contribution < -0.4 is 11.1 Å². The van der Waals surface area contributed by atoms with Gasteiger partial charge in [-0.1, -0.05) is 0 Å². The molecule has 6 nitrogen and oxygen atoms in total. The number of amides is 1. The van der Waals surface area contributed by atoms with Crippen LogP contribution in [0.15, 0.2) is 24.3 Å². The van der Waals surface area contributed by atoms with E-state index in [4.69, 9.17) is 5.73 Å². The third-order valence-electron chi connectivity index (χ3n) is 3.45. The Hall–Kier alpha value is -2.34. The molecule has 0 bridgehead atoms. The highest BCUT2D eigenvalue weighted by atomic mass is 16.3. The van der Waals surface area contributed by atoms with Gasteiger partial charge in [-0.3, -0.25) is 9.48 Å². The Balaban J connectivity index is 2.08. The first-order valence-electron chi connectivity index (χ1n) is 6.52. The normalized spacial score (nSPS) is 14.0. The summed E-state index contributed by atoms with van der Waals surface area (Å²) in [6.45, 7) is 1.69. The molecule has 0 fully saturated rings. The summed E-state index contributed by atoms with van der Waals surface area (Å²) in [4.78, 5) is 11.2. The highest BCUT2D eigenvalue weighted by molar-refractivity contribution is 5.74. The Morgan fingerprint density at radius 1 is 1.40 bits per heavy atom. The monoisotopic (exact) mass is 272 g/mol. The van der Waals surface area contributed by atoms with E-state index >= 15 is 0 Å². The maximum atomic E-state index is 11.2. The number of carbonyl (C=O) groups excluding carboxylic acids is 1. The number of phenolic OH excluding ortho intramolecular Hbond substituents is 1. The minimum Gasteiger partial charge on any atom is -0.508 e. The molecule has 0 saturated carbocycles. The third kappa shape index (κ3) is 2.25. The van der Waals surface area contributed by atoms with E-state index in [-0.39, 0.29) is 12.3 Å². The van der Waals surface area contributed by atoms with Gasteiger partial charge in [0.2, 0.25) is 5.91 Å². The first-order chi connectivity index (χ1) is 9.65. The zero-order valence-corrected chi connectivity index (χ0v) is 11.0. The van der Waals surface area contributed by atoms with Crippen molar-refractivity contribution in [2.45, 2.75) is 19.5 Å². The van der Waals surface area contributed by atoms with Gasteiger partial charge in [-0.15, -0.1) is 0 Å². The Morgan fingerprint density at radius 2 is 2.15 bits per heavy atom. The number of hydrogen-bond acceptors (Lipinski definition) is 4. The highest BCUT2D eigenvalue weighted by Crippen LogP contribution is 2.28. The molecule has 0 atom stereocenters. The number of fused-ring (bicyclic) bond motifs is 1. The van der Waals surface area contributed by atoms with Crippen molar-refractivity contribution < 1.29 is 9.90 Å². The predicted molar refractivity (Wildman–Crippen MR) is 73.9 cm³/mol. The van der Waals surface area contributed by atoms with E-state index in [1.54, 1.807) is 16.8 Å². The second kappa shape index (κ2) is 4.97. The first-order valence-corrected chi connectivity index (χ1v) is 6.52. The van der Waals surface area contributed by atoms with Gasteiger partial charge in [0.25, 0.3) is 0 Å². The SMILES string of the molecule is NC(=O)Cn1nc(-c2ccc(O)cc2)c2c1CCNC2. The van der Waals surface area contributed by atoms with Gasteiger partial charge in [-0.25, -0.2) is 0 Å². The van der Waals surface area contributed by atoms with Crippen molar-refractivity contribution in [1.29, 1.82) is 0 Å². The minimum atomic E-state index is -0.397. The lowest BCUT2D eigenvalue weighted by molar-refractivity contribution is -0.118. The number of nitrogens with two attached hydrogens (primary N) is 1. The maximum Gasteiger partial charge on any atom is 0.239 e. The third-order valence-corrected chi connectivity index (χ3v) is 3.45. The lowest BCUT2D eigenvalue weighted by Gasteiger charge is -2.15. The van der Waals surface area contributed by atoms with Crippen LogP contribution in [0.4, 0.5) is 0 Å². The second-order valence-corrected chi connectivity index (χ2v) is 4.87. The van der Waals surface area contributed by atoms with Crippen molar-refractivity contribution in [1.82, 2.24) is 15.1 Å². The highest BCUT2D eigenvalue weighted by Gasteiger charge is 2.22. The summed E-state index contributed by atoms with van der Waals surface area (Å²) < 4.78 is 1.70. The topological polar surface area (TPSA) is 93.2 Å². The Labute approximate surface area is 116 Å². The number of primary amides is 1. The molecule has 6 heteroatoms. The molecule has 2 aromatic rings. The van der Waals surface area contributed by atoms with E-state index in [1.807, 2.05) is 12.1 Å². The summed E-state index contributed by atoms with van der Waals surface area (Å²) in [5.41, 5.74) is 9.20. The van der Waals surface area contributed by atoms with Gasteiger partial charge in [0.15, 0.2) is 0 Å². The number of benzene rings is 1. The molecule has 1 aromatic carbocycles. The van der Waals surface area contributed by atoms with E-state index in [2.05, 4.69) is 10.4 Å². The van der Waals surface area contributed by atoms with E-state index in [9.17, 15) is 9.90 Å². The largest absolute Gasteiger partial charge is 0.508 e. The zero-order chi connectivity index (χ0) is 14.1. The molecule has 1 aliphatic rings. The molecule has 104 valence electrons. The number of aromatic nitrogens is 2. The second-order valence-electron chi connectivity index (χ2n) is 4.87. The molecule has 0 unspecified atom stereocenters. The first kappa shape index (κ1) is 12.7. The molecule has 0 radical (unpaired) electrons. The number of hydrogen-bond donors (Lipinski definition) is 3. The van der Waals surface area contributed by atoms with Crippen LogP contribution in [0.3, 0.4) is 0 Å². The summed E-state index contributed by atoms with van der Waals surface area (Å²) in [6.07, 6.45) is 0.827. The zero-order valence-electron chi connectivity index (χ0n) is 11.0. The van der Waals surface area contributed by atoms with E-state index in [1.165, 1.54) is 0 Å². The molecule has 0 saturated heterocycles. The van der Waals surface area contributed by atoms with E-state index < -0.39 is 5.91 Å². The molecule has 0 aliphatic carbocycles.